The van der Waals surface area contributed by atoms with Crippen molar-refractivity contribution in [2.24, 2.45) is 7.05 Å². The number of halogens is 6. The van der Waals surface area contributed by atoms with Crippen LogP contribution in [0.1, 0.15) is 6.92 Å². The molecule has 0 fully saturated rings. The van der Waals surface area contributed by atoms with E-state index in [1.165, 1.54) is 0 Å². The van der Waals surface area contributed by atoms with Gasteiger partial charge in [-0.2, -0.15) is 0 Å². The van der Waals surface area contributed by atoms with Crippen LogP contribution >= 0.6 is 7.81 Å². The van der Waals surface area contributed by atoms with Gasteiger partial charge in [0.25, 0.3) is 6.33 Å². The molecule has 1 aromatic rings. The molecule has 0 saturated carbocycles. The maximum atomic E-state index is 9.87. The maximum absolute atomic E-state index is 10.7. The van der Waals surface area contributed by atoms with Gasteiger partial charge in [-0.15, -0.1) is 0 Å². The summed E-state index contributed by atoms with van der Waals surface area (Å²) >= 11 is 0. The van der Waals surface area contributed by atoms with E-state index in [1.807, 2.05) is 37.3 Å². The summed E-state index contributed by atoms with van der Waals surface area (Å²) in [5.74, 6) is 0. The Bertz CT molecular complexity index is 332. The van der Waals surface area contributed by atoms with Crippen LogP contribution in [0.4, 0.5) is 25.2 Å². The zero-order valence-electron chi connectivity index (χ0n) is 8.46. The first-order valence-electron chi connectivity index (χ1n) is 4.01. The molecule has 0 N–H and O–H groups in total. The summed E-state index contributed by atoms with van der Waals surface area (Å²) in [4.78, 5) is 5.12. The predicted molar refractivity (Wildman–Crippen MR) is 46.3 cm³/mol. The van der Waals surface area contributed by atoms with Crippen LogP contribution in [0.25, 0.3) is 0 Å². The average Bonchev–Trinajstić information content (AvgIpc) is 2.29. The number of rotatable bonds is 2. The van der Waals surface area contributed by atoms with Gasteiger partial charge in [-0.25, -0.2) is 4.57 Å². The van der Waals surface area contributed by atoms with E-state index in [0.29, 0.717) is 6.61 Å². The molecule has 1 heterocycles. The van der Waals surface area contributed by atoms with Crippen LogP contribution in [0.5, 0.6) is 0 Å². The topological polar surface area (TPSA) is 18.0 Å². The molecule has 3 nitrogen and oxygen atoms in total. The van der Waals surface area contributed by atoms with Crippen LogP contribution in [-0.4, -0.2) is 11.3 Å². The first-order chi connectivity index (χ1) is 6.78. The van der Waals surface area contributed by atoms with E-state index in [-0.39, 0.29) is 0 Å². The number of aryl methyl sites for hydroxylation is 1. The van der Waals surface area contributed by atoms with Crippen molar-refractivity contribution in [3.8, 4) is 0 Å². The molecule has 0 saturated heterocycles. The molecule has 0 amide bonds. The molecule has 1 rings (SSSR count). The molecule has 0 aliphatic heterocycles. The van der Waals surface area contributed by atoms with Gasteiger partial charge in [0.2, 0.25) is 0 Å². The normalized spacial score (nSPS) is 15.5. The number of hydrogen-bond donors (Lipinski definition) is 0. The van der Waals surface area contributed by atoms with Crippen molar-refractivity contribution < 1.29 is 34.6 Å². The summed E-state index contributed by atoms with van der Waals surface area (Å²) in [7, 11) is -8.70. The van der Waals surface area contributed by atoms with Gasteiger partial charge in [-0.3, -0.25) is 0 Å². The minimum atomic E-state index is -10.7. The number of hydrogen-bond acceptors (Lipinski definition) is 1. The van der Waals surface area contributed by atoms with E-state index in [9.17, 15) is 25.2 Å². The van der Waals surface area contributed by atoms with E-state index in [0.717, 1.165) is 0 Å². The van der Waals surface area contributed by atoms with Gasteiger partial charge >= 0.3 is 33.0 Å². The van der Waals surface area contributed by atoms with Crippen LogP contribution < -0.4 is 9.40 Å². The molecule has 0 aliphatic rings. The standard InChI is InChI=1S/C6H11N2O.F6P/c1-3-9-8-5-4-7(2)6-8;1-7(2,3,4,5)6/h4-6H,3H2,1-2H3;/q+1;-1. The second kappa shape index (κ2) is 3.80. The molecule has 0 bridgehead atoms. The Labute approximate surface area is 87.4 Å². The molecule has 98 valence electrons. The van der Waals surface area contributed by atoms with Gasteiger partial charge in [-0.1, -0.05) is 4.73 Å². The molecular weight excluding hydrogens is 261 g/mol. The molecule has 0 aliphatic carbocycles. The zero-order valence-corrected chi connectivity index (χ0v) is 9.35. The Morgan fingerprint density at radius 1 is 1.19 bits per heavy atom. The van der Waals surface area contributed by atoms with E-state index in [4.69, 9.17) is 4.84 Å². The fraction of sp³-hybridized carbons (Fsp3) is 0.500. The van der Waals surface area contributed by atoms with Crippen LogP contribution in [-0.2, 0) is 7.05 Å². The molecule has 0 spiro atoms. The van der Waals surface area contributed by atoms with Crippen LogP contribution in [0.3, 0.4) is 0 Å². The van der Waals surface area contributed by atoms with Gasteiger partial charge in [0.05, 0.1) is 7.05 Å². The van der Waals surface area contributed by atoms with E-state index in [2.05, 4.69) is 0 Å². The summed E-state index contributed by atoms with van der Waals surface area (Å²) in [5.41, 5.74) is 0. The first kappa shape index (κ1) is 15.0. The van der Waals surface area contributed by atoms with E-state index < -0.39 is 7.81 Å². The summed E-state index contributed by atoms with van der Waals surface area (Å²) in [6.07, 6.45) is 5.66. The molecule has 0 aromatic carbocycles. The first-order valence-corrected chi connectivity index (χ1v) is 6.03. The van der Waals surface area contributed by atoms with Crippen LogP contribution in [0, 0.1) is 0 Å². The van der Waals surface area contributed by atoms with E-state index >= 15 is 0 Å². The summed E-state index contributed by atoms with van der Waals surface area (Å²) in [5, 5.41) is 0. The SMILES string of the molecule is CCOn1cc[n+](C)c1.F[P-](F)(F)(F)(F)F. The van der Waals surface area contributed by atoms with Crippen molar-refractivity contribution in [2.75, 3.05) is 6.61 Å². The number of nitrogens with zero attached hydrogens (tertiary/aromatic N) is 2. The fourth-order valence-corrected chi connectivity index (χ4v) is 0.653. The third-order valence-electron chi connectivity index (χ3n) is 1.02. The van der Waals surface area contributed by atoms with Crippen LogP contribution in [0.2, 0.25) is 0 Å². The fourth-order valence-electron chi connectivity index (χ4n) is 0.653. The summed E-state index contributed by atoms with van der Waals surface area (Å²) in [6.45, 7) is 2.66. The van der Waals surface area contributed by atoms with Crippen molar-refractivity contribution in [3.63, 3.8) is 0 Å². The van der Waals surface area contributed by atoms with Crippen molar-refractivity contribution in [1.82, 2.24) is 4.73 Å². The van der Waals surface area contributed by atoms with Crippen molar-refractivity contribution >= 4 is 7.81 Å². The molecule has 0 radical (unpaired) electrons. The zero-order chi connectivity index (χ0) is 13.1. The minimum absolute atomic E-state index is 0.703. The van der Waals surface area contributed by atoms with Gasteiger partial charge < -0.3 is 4.84 Å². The second-order valence-electron chi connectivity index (χ2n) is 2.82. The Balaban J connectivity index is 0.000000293. The monoisotopic (exact) mass is 272 g/mol. The third-order valence-corrected chi connectivity index (χ3v) is 1.02. The summed E-state index contributed by atoms with van der Waals surface area (Å²) in [6, 6.07) is 0. The van der Waals surface area contributed by atoms with Crippen molar-refractivity contribution in [3.05, 3.63) is 18.7 Å². The predicted octanol–water partition coefficient (Wildman–Crippen LogP) is 3.14. The van der Waals surface area contributed by atoms with Gasteiger partial charge in [-0.05, 0) is 6.92 Å². The molecular formula is C6H11F6N2OP. The van der Waals surface area contributed by atoms with Crippen molar-refractivity contribution in [2.45, 2.75) is 6.92 Å². The number of imidazole rings is 1. The van der Waals surface area contributed by atoms with Crippen LogP contribution in [0.15, 0.2) is 18.7 Å². The Morgan fingerprint density at radius 2 is 1.62 bits per heavy atom. The molecule has 16 heavy (non-hydrogen) atoms. The second-order valence-corrected chi connectivity index (χ2v) is 4.73. The quantitative estimate of drug-likeness (QED) is 0.459. The summed E-state index contributed by atoms with van der Waals surface area (Å²) < 4.78 is 62.8. The Morgan fingerprint density at radius 3 is 1.88 bits per heavy atom. The van der Waals surface area contributed by atoms with Gasteiger partial charge in [0, 0.05) is 0 Å². The third kappa shape index (κ3) is 15.5. The number of aromatic nitrogens is 2. The molecule has 10 heteroatoms. The molecule has 0 unspecified atom stereocenters. The average molecular weight is 272 g/mol. The molecule has 0 atom stereocenters. The Kier molecular flexibility index (Phi) is 3.56. The van der Waals surface area contributed by atoms with Crippen molar-refractivity contribution in [1.29, 1.82) is 0 Å². The van der Waals surface area contributed by atoms with E-state index in [1.54, 1.807) is 4.73 Å². The Hall–Kier alpha value is -0.980. The van der Waals surface area contributed by atoms with Gasteiger partial charge in [0.15, 0.2) is 6.20 Å². The molecule has 1 aromatic heterocycles. The van der Waals surface area contributed by atoms with Gasteiger partial charge in [0.1, 0.15) is 12.8 Å².